The molecule has 1 aliphatic carbocycles. The van der Waals surface area contributed by atoms with Crippen LogP contribution in [-0.4, -0.2) is 17.9 Å². The van der Waals surface area contributed by atoms with E-state index in [2.05, 4.69) is 55.1 Å². The number of carbonyl (C=O) groups excluding carboxylic acids is 1. The van der Waals surface area contributed by atoms with Gasteiger partial charge in [0.1, 0.15) is 0 Å². The van der Waals surface area contributed by atoms with Gasteiger partial charge in [0.05, 0.1) is 6.54 Å². The van der Waals surface area contributed by atoms with Gasteiger partial charge in [-0.3, -0.25) is 4.79 Å². The molecule has 1 aromatic rings. The van der Waals surface area contributed by atoms with Gasteiger partial charge in [0.2, 0.25) is 5.91 Å². The van der Waals surface area contributed by atoms with Gasteiger partial charge in [0.15, 0.2) is 0 Å². The highest BCUT2D eigenvalue weighted by atomic mass is 79.9. The molecule has 0 aromatic carbocycles. The first kappa shape index (κ1) is 14.1. The summed E-state index contributed by atoms with van der Waals surface area (Å²) in [4.78, 5) is 15.5. The molecule has 0 N–H and O–H groups in total. The topological polar surface area (TPSA) is 20.3 Å². The van der Waals surface area contributed by atoms with E-state index >= 15 is 0 Å². The first-order chi connectivity index (χ1) is 8.18. The zero-order valence-electron chi connectivity index (χ0n) is 11.6. The molecule has 1 heterocycles. The van der Waals surface area contributed by atoms with Crippen molar-refractivity contribution in [3.05, 3.63) is 20.8 Å². The van der Waals surface area contributed by atoms with Crippen molar-refractivity contribution in [2.75, 3.05) is 7.05 Å². The zero-order valence-corrected chi connectivity index (χ0v) is 14.0. The minimum atomic E-state index is 0.119. The molecule has 100 valence electrons. The van der Waals surface area contributed by atoms with Gasteiger partial charge in [-0.1, -0.05) is 27.7 Å². The molecule has 1 aromatic heterocycles. The van der Waals surface area contributed by atoms with Gasteiger partial charge in [-0.15, -0.1) is 11.3 Å². The van der Waals surface area contributed by atoms with Crippen molar-refractivity contribution in [3.8, 4) is 0 Å². The molecule has 0 aliphatic heterocycles. The van der Waals surface area contributed by atoms with Crippen molar-refractivity contribution in [2.24, 2.45) is 16.7 Å². The predicted octanol–water partition coefficient (Wildman–Crippen LogP) is 4.15. The third-order valence-electron chi connectivity index (χ3n) is 4.66. The van der Waals surface area contributed by atoms with Crippen molar-refractivity contribution in [1.29, 1.82) is 0 Å². The molecule has 2 rings (SSSR count). The van der Waals surface area contributed by atoms with Crippen molar-refractivity contribution in [2.45, 2.75) is 34.2 Å². The molecule has 0 saturated heterocycles. The van der Waals surface area contributed by atoms with Crippen LogP contribution in [0.5, 0.6) is 0 Å². The number of rotatable bonds is 3. The molecule has 18 heavy (non-hydrogen) atoms. The quantitative estimate of drug-likeness (QED) is 0.815. The summed E-state index contributed by atoms with van der Waals surface area (Å²) in [5, 5.41) is 2.05. The minimum Gasteiger partial charge on any atom is -0.340 e. The van der Waals surface area contributed by atoms with Gasteiger partial charge in [0, 0.05) is 27.7 Å². The van der Waals surface area contributed by atoms with Gasteiger partial charge in [-0.05, 0) is 32.8 Å². The Morgan fingerprint density at radius 3 is 2.33 bits per heavy atom. The van der Waals surface area contributed by atoms with Crippen molar-refractivity contribution < 1.29 is 4.79 Å². The van der Waals surface area contributed by atoms with Crippen molar-refractivity contribution >= 4 is 33.2 Å². The Morgan fingerprint density at radius 2 is 1.94 bits per heavy atom. The van der Waals surface area contributed by atoms with Gasteiger partial charge in [0.25, 0.3) is 0 Å². The summed E-state index contributed by atoms with van der Waals surface area (Å²) in [6.45, 7) is 9.45. The first-order valence-electron chi connectivity index (χ1n) is 6.16. The first-order valence-corrected chi connectivity index (χ1v) is 7.83. The van der Waals surface area contributed by atoms with E-state index in [4.69, 9.17) is 0 Å². The van der Waals surface area contributed by atoms with Gasteiger partial charge >= 0.3 is 0 Å². The second-order valence-corrected chi connectivity index (χ2v) is 8.21. The van der Waals surface area contributed by atoms with Crippen LogP contribution in [0.25, 0.3) is 0 Å². The highest BCUT2D eigenvalue weighted by molar-refractivity contribution is 9.10. The molecule has 1 aliphatic rings. The summed E-state index contributed by atoms with van der Waals surface area (Å²) in [6.07, 6.45) is 0. The SMILES string of the molecule is CN(Cc1cc(Br)cs1)C(=O)C1C(C)(C)C1(C)C. The van der Waals surface area contributed by atoms with Crippen LogP contribution in [-0.2, 0) is 11.3 Å². The van der Waals surface area contributed by atoms with E-state index in [0.29, 0.717) is 6.54 Å². The van der Waals surface area contributed by atoms with E-state index < -0.39 is 0 Å². The number of carbonyl (C=O) groups is 1. The van der Waals surface area contributed by atoms with Crippen molar-refractivity contribution in [3.63, 3.8) is 0 Å². The Labute approximate surface area is 122 Å². The van der Waals surface area contributed by atoms with Crippen LogP contribution in [0.1, 0.15) is 32.6 Å². The molecule has 4 heteroatoms. The minimum absolute atomic E-state index is 0.119. The Morgan fingerprint density at radius 1 is 1.39 bits per heavy atom. The normalized spacial score (nSPS) is 20.8. The van der Waals surface area contributed by atoms with Crippen LogP contribution in [0.15, 0.2) is 15.9 Å². The average molecular weight is 330 g/mol. The fourth-order valence-corrected chi connectivity index (χ4v) is 4.29. The standard InChI is InChI=1S/C14H20BrNOS/c1-13(2)11(14(13,3)4)12(17)16(5)7-10-6-9(15)8-18-10/h6,8,11H,7H2,1-5H3. The molecule has 0 spiro atoms. The molecule has 1 fully saturated rings. The number of thiophene rings is 1. The number of halogens is 1. The molecule has 0 radical (unpaired) electrons. The second kappa shape index (κ2) is 4.34. The molecule has 1 amide bonds. The van der Waals surface area contributed by atoms with Crippen LogP contribution in [0.4, 0.5) is 0 Å². The fraction of sp³-hybridized carbons (Fsp3) is 0.643. The lowest BCUT2D eigenvalue weighted by Crippen LogP contribution is -2.29. The second-order valence-electron chi connectivity index (χ2n) is 6.30. The maximum absolute atomic E-state index is 12.5. The highest BCUT2D eigenvalue weighted by Crippen LogP contribution is 2.68. The molecular formula is C14H20BrNOS. The lowest BCUT2D eigenvalue weighted by molar-refractivity contribution is -0.133. The van der Waals surface area contributed by atoms with E-state index in [-0.39, 0.29) is 22.7 Å². The van der Waals surface area contributed by atoms with E-state index in [1.54, 1.807) is 11.3 Å². The molecule has 2 nitrogen and oxygen atoms in total. The van der Waals surface area contributed by atoms with E-state index in [0.717, 1.165) is 4.47 Å². The molecule has 0 atom stereocenters. The number of hydrogen-bond donors (Lipinski definition) is 0. The van der Waals surface area contributed by atoms with Gasteiger partial charge in [-0.2, -0.15) is 0 Å². The summed E-state index contributed by atoms with van der Waals surface area (Å²) in [7, 11) is 1.90. The maximum atomic E-state index is 12.5. The Hall–Kier alpha value is -0.350. The number of nitrogens with zero attached hydrogens (tertiary/aromatic N) is 1. The van der Waals surface area contributed by atoms with Crippen LogP contribution in [0, 0.1) is 16.7 Å². The number of amides is 1. The average Bonchev–Trinajstić information content (AvgIpc) is 2.57. The van der Waals surface area contributed by atoms with E-state index in [9.17, 15) is 4.79 Å². The summed E-state index contributed by atoms with van der Waals surface area (Å²) in [6, 6.07) is 2.08. The van der Waals surface area contributed by atoms with Gasteiger partial charge in [-0.25, -0.2) is 0 Å². The monoisotopic (exact) mass is 329 g/mol. The summed E-state index contributed by atoms with van der Waals surface area (Å²) < 4.78 is 1.09. The highest BCUT2D eigenvalue weighted by Gasteiger charge is 2.68. The summed E-state index contributed by atoms with van der Waals surface area (Å²) >= 11 is 5.13. The van der Waals surface area contributed by atoms with E-state index in [1.807, 2.05) is 11.9 Å². The predicted molar refractivity (Wildman–Crippen MR) is 79.5 cm³/mol. The van der Waals surface area contributed by atoms with Crippen LogP contribution >= 0.6 is 27.3 Å². The third kappa shape index (κ3) is 2.14. The molecule has 1 saturated carbocycles. The van der Waals surface area contributed by atoms with Crippen LogP contribution in [0.3, 0.4) is 0 Å². The Bertz CT molecular complexity index is 464. The fourth-order valence-electron chi connectivity index (χ4n) is 2.78. The van der Waals surface area contributed by atoms with Crippen LogP contribution in [0.2, 0.25) is 0 Å². The maximum Gasteiger partial charge on any atom is 0.226 e. The van der Waals surface area contributed by atoms with E-state index in [1.165, 1.54) is 4.88 Å². The Balaban J connectivity index is 2.03. The molecule has 0 unspecified atom stereocenters. The lowest BCUT2D eigenvalue weighted by atomic mass is 10.0. The smallest absolute Gasteiger partial charge is 0.226 e. The summed E-state index contributed by atoms with van der Waals surface area (Å²) in [5.74, 6) is 0.424. The summed E-state index contributed by atoms with van der Waals surface area (Å²) in [5.41, 5.74) is 0.239. The largest absolute Gasteiger partial charge is 0.340 e. The Kier molecular flexibility index (Phi) is 3.39. The number of hydrogen-bond acceptors (Lipinski definition) is 2. The molecular weight excluding hydrogens is 310 g/mol. The van der Waals surface area contributed by atoms with Crippen molar-refractivity contribution in [1.82, 2.24) is 4.90 Å². The van der Waals surface area contributed by atoms with Crippen LogP contribution < -0.4 is 0 Å². The third-order valence-corrected chi connectivity index (χ3v) is 6.34. The lowest BCUT2D eigenvalue weighted by Gasteiger charge is -2.17. The molecule has 0 bridgehead atoms. The zero-order chi connectivity index (χ0) is 13.7. The van der Waals surface area contributed by atoms with Gasteiger partial charge < -0.3 is 4.90 Å².